The molecule has 1 aromatic rings. The molecule has 0 radical (unpaired) electrons. The van der Waals surface area contributed by atoms with Gasteiger partial charge in [-0.25, -0.2) is 0 Å². The topological polar surface area (TPSA) is 21.3 Å². The van der Waals surface area contributed by atoms with E-state index in [0.717, 1.165) is 19.6 Å². The molecule has 2 atom stereocenters. The molecule has 0 spiro atoms. The van der Waals surface area contributed by atoms with Crippen LogP contribution < -0.4 is 5.32 Å². The minimum absolute atomic E-state index is 0.547. The van der Waals surface area contributed by atoms with Crippen LogP contribution in [-0.4, -0.2) is 26.3 Å². The summed E-state index contributed by atoms with van der Waals surface area (Å²) >= 11 is 1.85. The van der Waals surface area contributed by atoms with Crippen LogP contribution in [0.2, 0.25) is 0 Å². The Bertz CT molecular complexity index is 261. The van der Waals surface area contributed by atoms with Crippen LogP contribution in [0.5, 0.6) is 0 Å². The summed E-state index contributed by atoms with van der Waals surface area (Å²) in [5.74, 6) is 0.698. The molecule has 2 nitrogen and oxygen atoms in total. The second-order valence-electron chi connectivity index (χ2n) is 4.48. The number of nitrogens with one attached hydrogen (secondary N) is 1. The first kappa shape index (κ1) is 13.7. The number of methoxy groups -OCH3 is 1. The lowest BCUT2D eigenvalue weighted by atomic mass is 10.1. The van der Waals surface area contributed by atoms with Crippen molar-refractivity contribution in [1.82, 2.24) is 5.32 Å². The van der Waals surface area contributed by atoms with E-state index in [1.165, 1.54) is 11.3 Å². The summed E-state index contributed by atoms with van der Waals surface area (Å²) in [5, 5.41) is 5.70. The highest BCUT2D eigenvalue weighted by atomic mass is 32.1. The monoisotopic (exact) mass is 241 g/mol. The molecule has 0 aliphatic carbocycles. The fourth-order valence-electron chi connectivity index (χ4n) is 1.64. The van der Waals surface area contributed by atoms with E-state index in [9.17, 15) is 0 Å². The number of hydrogen-bond acceptors (Lipinski definition) is 3. The van der Waals surface area contributed by atoms with Crippen molar-refractivity contribution in [3.8, 4) is 0 Å². The van der Waals surface area contributed by atoms with E-state index < -0.39 is 0 Å². The molecule has 1 N–H and O–H groups in total. The van der Waals surface area contributed by atoms with E-state index in [1.54, 1.807) is 7.11 Å². The Morgan fingerprint density at radius 3 is 2.88 bits per heavy atom. The normalized spacial score (nSPS) is 14.9. The third-order valence-electron chi connectivity index (χ3n) is 2.70. The van der Waals surface area contributed by atoms with E-state index in [2.05, 4.69) is 36.7 Å². The first-order valence-corrected chi connectivity index (χ1v) is 6.85. The summed E-state index contributed by atoms with van der Waals surface area (Å²) in [5.41, 5.74) is 0. The molecule has 1 rings (SSSR count). The highest BCUT2D eigenvalue weighted by molar-refractivity contribution is 7.09. The Morgan fingerprint density at radius 2 is 2.25 bits per heavy atom. The maximum absolute atomic E-state index is 5.07. The largest absolute Gasteiger partial charge is 0.385 e. The molecule has 2 unspecified atom stereocenters. The number of hydrogen-bond donors (Lipinski definition) is 1. The fraction of sp³-hybridized carbons (Fsp3) is 0.692. The molecular formula is C13H23NOS. The van der Waals surface area contributed by atoms with Gasteiger partial charge < -0.3 is 10.1 Å². The molecule has 0 fully saturated rings. The number of ether oxygens (including phenoxy) is 1. The zero-order chi connectivity index (χ0) is 11.8. The van der Waals surface area contributed by atoms with Crippen LogP contribution in [-0.2, 0) is 11.2 Å². The number of rotatable bonds is 8. The van der Waals surface area contributed by atoms with E-state index >= 15 is 0 Å². The molecule has 0 aliphatic rings. The van der Waals surface area contributed by atoms with Crippen LogP contribution in [0.25, 0.3) is 0 Å². The second-order valence-corrected chi connectivity index (χ2v) is 5.51. The van der Waals surface area contributed by atoms with Crippen molar-refractivity contribution in [1.29, 1.82) is 0 Å². The van der Waals surface area contributed by atoms with Crippen LogP contribution in [0.3, 0.4) is 0 Å². The lowest BCUT2D eigenvalue weighted by Gasteiger charge is -2.17. The summed E-state index contributed by atoms with van der Waals surface area (Å²) in [4.78, 5) is 1.49. The van der Waals surface area contributed by atoms with Gasteiger partial charge in [-0.15, -0.1) is 11.3 Å². The predicted molar refractivity (Wildman–Crippen MR) is 71.1 cm³/mol. The minimum atomic E-state index is 0.547. The van der Waals surface area contributed by atoms with Gasteiger partial charge in [0.1, 0.15) is 0 Å². The van der Waals surface area contributed by atoms with Gasteiger partial charge in [0.05, 0.1) is 0 Å². The highest BCUT2D eigenvalue weighted by Crippen LogP contribution is 2.13. The minimum Gasteiger partial charge on any atom is -0.385 e. The quantitative estimate of drug-likeness (QED) is 0.755. The van der Waals surface area contributed by atoms with Crippen molar-refractivity contribution in [2.45, 2.75) is 32.7 Å². The van der Waals surface area contributed by atoms with Crippen molar-refractivity contribution < 1.29 is 4.74 Å². The van der Waals surface area contributed by atoms with Crippen molar-refractivity contribution in [3.05, 3.63) is 22.4 Å². The van der Waals surface area contributed by atoms with Crippen molar-refractivity contribution >= 4 is 11.3 Å². The average Bonchev–Trinajstić information content (AvgIpc) is 2.76. The molecule has 0 aromatic carbocycles. The molecule has 0 saturated carbocycles. The molecule has 0 amide bonds. The molecule has 1 aromatic heterocycles. The van der Waals surface area contributed by atoms with Gasteiger partial charge in [-0.2, -0.15) is 0 Å². The summed E-state index contributed by atoms with van der Waals surface area (Å²) < 4.78 is 5.07. The molecule has 92 valence electrons. The Hall–Kier alpha value is -0.380. The smallest absolute Gasteiger partial charge is 0.0476 e. The van der Waals surface area contributed by atoms with Gasteiger partial charge in [-0.3, -0.25) is 0 Å². The Morgan fingerprint density at radius 1 is 1.44 bits per heavy atom. The van der Waals surface area contributed by atoms with E-state index in [1.807, 2.05) is 11.3 Å². The van der Waals surface area contributed by atoms with Crippen LogP contribution in [0.4, 0.5) is 0 Å². The highest BCUT2D eigenvalue weighted by Gasteiger charge is 2.06. The van der Waals surface area contributed by atoms with Gasteiger partial charge >= 0.3 is 0 Å². The lowest BCUT2D eigenvalue weighted by Crippen LogP contribution is -2.31. The first-order valence-electron chi connectivity index (χ1n) is 5.97. The molecule has 0 bridgehead atoms. The van der Waals surface area contributed by atoms with Gasteiger partial charge in [0.25, 0.3) is 0 Å². The molecule has 1 heterocycles. The standard InChI is InChI=1S/C13H23NOS/c1-11(9-13-5-4-8-16-13)10-14-12(2)6-7-15-3/h4-5,8,11-12,14H,6-7,9-10H2,1-3H3. The zero-order valence-corrected chi connectivity index (χ0v) is 11.3. The third-order valence-corrected chi connectivity index (χ3v) is 3.60. The molecular weight excluding hydrogens is 218 g/mol. The first-order chi connectivity index (χ1) is 7.72. The Balaban J connectivity index is 2.12. The van der Waals surface area contributed by atoms with Gasteiger partial charge in [0.2, 0.25) is 0 Å². The van der Waals surface area contributed by atoms with Gasteiger partial charge in [-0.05, 0) is 43.7 Å². The summed E-state index contributed by atoms with van der Waals surface area (Å²) in [7, 11) is 1.76. The Kier molecular flexibility index (Phi) is 6.69. The molecule has 0 aliphatic heterocycles. The molecule has 16 heavy (non-hydrogen) atoms. The van der Waals surface area contributed by atoms with Gasteiger partial charge in [0, 0.05) is 24.6 Å². The van der Waals surface area contributed by atoms with E-state index in [-0.39, 0.29) is 0 Å². The summed E-state index contributed by atoms with van der Waals surface area (Å²) in [6.07, 6.45) is 2.27. The van der Waals surface area contributed by atoms with E-state index in [0.29, 0.717) is 12.0 Å². The van der Waals surface area contributed by atoms with Crippen LogP contribution in [0.1, 0.15) is 25.1 Å². The van der Waals surface area contributed by atoms with Crippen LogP contribution >= 0.6 is 11.3 Å². The number of thiophene rings is 1. The van der Waals surface area contributed by atoms with Crippen molar-refractivity contribution in [3.63, 3.8) is 0 Å². The average molecular weight is 241 g/mol. The van der Waals surface area contributed by atoms with Gasteiger partial charge in [-0.1, -0.05) is 13.0 Å². The summed E-state index contributed by atoms with van der Waals surface area (Å²) in [6.45, 7) is 6.45. The fourth-order valence-corrected chi connectivity index (χ4v) is 2.51. The second kappa shape index (κ2) is 7.82. The molecule has 0 saturated heterocycles. The van der Waals surface area contributed by atoms with Crippen LogP contribution in [0.15, 0.2) is 17.5 Å². The maximum Gasteiger partial charge on any atom is 0.0476 e. The van der Waals surface area contributed by atoms with Crippen LogP contribution in [0, 0.1) is 5.92 Å². The van der Waals surface area contributed by atoms with Crippen molar-refractivity contribution in [2.75, 3.05) is 20.3 Å². The summed E-state index contributed by atoms with van der Waals surface area (Å²) in [6, 6.07) is 4.89. The third kappa shape index (κ3) is 5.64. The Labute approximate surface area is 103 Å². The zero-order valence-electron chi connectivity index (χ0n) is 10.5. The predicted octanol–water partition coefficient (Wildman–Crippen LogP) is 2.94. The van der Waals surface area contributed by atoms with Crippen molar-refractivity contribution in [2.24, 2.45) is 5.92 Å². The van der Waals surface area contributed by atoms with E-state index in [4.69, 9.17) is 4.74 Å². The molecule has 3 heteroatoms. The van der Waals surface area contributed by atoms with Gasteiger partial charge in [0.15, 0.2) is 0 Å². The maximum atomic E-state index is 5.07. The lowest BCUT2D eigenvalue weighted by molar-refractivity contribution is 0.184. The SMILES string of the molecule is COCCC(C)NCC(C)Cc1cccs1.